The van der Waals surface area contributed by atoms with Crippen LogP contribution in [0.2, 0.25) is 10.0 Å². The molecule has 2 aliphatic rings. The van der Waals surface area contributed by atoms with Crippen LogP contribution in [-0.4, -0.2) is 162 Å². The van der Waals surface area contributed by atoms with Crippen molar-refractivity contribution in [3.8, 4) is 34.3 Å². The zero-order valence-electron chi connectivity index (χ0n) is 47.3. The van der Waals surface area contributed by atoms with Crippen molar-refractivity contribution in [2.75, 3.05) is 52.0 Å². The van der Waals surface area contributed by atoms with Crippen LogP contribution in [0.4, 0.5) is 41.4 Å². The van der Waals surface area contributed by atoms with E-state index in [-0.39, 0.29) is 94.6 Å². The minimum Gasteiger partial charge on any atom is -0.491 e. The lowest BCUT2D eigenvalue weighted by Gasteiger charge is -2.29. The second-order valence-corrected chi connectivity index (χ2v) is 22.1. The maximum atomic E-state index is 14.5. The molecule has 0 spiro atoms. The zero-order valence-corrected chi connectivity index (χ0v) is 48.8. The number of pyridine rings is 2. The van der Waals surface area contributed by atoms with Crippen molar-refractivity contribution in [1.29, 1.82) is 0 Å². The predicted octanol–water partition coefficient (Wildman–Crippen LogP) is 8.56. The summed E-state index contributed by atoms with van der Waals surface area (Å²) < 4.78 is 50.6. The molecule has 0 bridgehead atoms. The first-order valence-corrected chi connectivity index (χ1v) is 26.6. The molecule has 6 aromatic rings. The number of methoxy groups -OCH3 is 2. The van der Waals surface area contributed by atoms with E-state index >= 15 is 0 Å². The van der Waals surface area contributed by atoms with Crippen molar-refractivity contribution in [2.45, 2.75) is 89.8 Å². The highest BCUT2D eigenvalue weighted by molar-refractivity contribution is 6.31. The van der Waals surface area contributed by atoms with Crippen LogP contribution in [0.25, 0.3) is 22.8 Å². The smallest absolute Gasteiger partial charge is 0.411 e. The Hall–Kier alpha value is -9.04. The fourth-order valence-corrected chi connectivity index (χ4v) is 9.00. The average Bonchev–Trinajstić information content (AvgIpc) is 3.05. The van der Waals surface area contributed by atoms with Gasteiger partial charge in [-0.15, -0.1) is 0 Å². The topological polar surface area (TPSA) is 295 Å². The van der Waals surface area contributed by atoms with Crippen molar-refractivity contribution in [2.24, 2.45) is 0 Å². The summed E-state index contributed by atoms with van der Waals surface area (Å²) >= 11 is 12.1. The molecule has 444 valence electrons. The van der Waals surface area contributed by atoms with Gasteiger partial charge in [0, 0.05) is 80.5 Å². The standard InChI is InChI=1S/C29H33ClFN7O5.C27H28ClFN6O6/c1-29(2,3)43-28(41)38-15-17(12-22(38)27(40)37(4)5)34-26(39)19-13-32-10-9-21(19)35-25-23(42-6)14-33-24(36-25)18-11-16(30)7-8-20(18)31;1-27(2,3)41-26(39)35-13-15(10-20(35)25(37)38)32-24(36)17-11-30-8-7-19(17)33-23-21(40-4)12-31-22(34-23)16-9-14(28)5-6-18(16)29/h7-11,13-14,17,22H,12,15H2,1-6H3,(H,34,39)(H,32,33,35,36);5-9,11-12,15,20H,10,13H2,1-4H3,(H,32,36)(H,37,38)(H,30,31,33,34)/t17-,22-;15-,20-/m11/s1. The van der Waals surface area contributed by atoms with Gasteiger partial charge in [0.1, 0.15) is 34.9 Å². The third-order valence-corrected chi connectivity index (χ3v) is 12.9. The number of nitrogens with one attached hydrogen (secondary N) is 4. The summed E-state index contributed by atoms with van der Waals surface area (Å²) in [5, 5.41) is 22.0. The largest absolute Gasteiger partial charge is 0.491 e. The van der Waals surface area contributed by atoms with Crippen molar-refractivity contribution in [3.63, 3.8) is 0 Å². The van der Waals surface area contributed by atoms with E-state index in [9.17, 15) is 42.7 Å². The summed E-state index contributed by atoms with van der Waals surface area (Å²) in [4.78, 5) is 106. The number of carbonyl (C=O) groups excluding carboxylic acids is 5. The van der Waals surface area contributed by atoms with E-state index in [0.717, 1.165) is 4.90 Å². The van der Waals surface area contributed by atoms with Crippen LogP contribution in [-0.2, 0) is 19.1 Å². The Kier molecular flexibility index (Phi) is 19.7. The third kappa shape index (κ3) is 15.7. The Labute approximate surface area is 491 Å². The second-order valence-electron chi connectivity index (χ2n) is 21.2. The van der Waals surface area contributed by atoms with Crippen LogP contribution in [0, 0.1) is 11.6 Å². The van der Waals surface area contributed by atoms with Gasteiger partial charge in [0.25, 0.3) is 11.8 Å². The summed E-state index contributed by atoms with van der Waals surface area (Å²) in [7, 11) is 6.02. The molecule has 5 amide bonds. The molecule has 2 saturated heterocycles. The minimum atomic E-state index is -1.21. The van der Waals surface area contributed by atoms with Crippen molar-refractivity contribution in [1.82, 2.24) is 55.2 Å². The SMILES string of the molecule is COc1cnc(-c2cc(Cl)ccc2F)nc1Nc1ccncc1C(=O)N[C@@H]1C[C@H](C(=O)N(C)C)N(C(=O)OC(C)(C)C)C1.COc1cnc(-c2cc(Cl)ccc2F)nc1Nc1ccncc1C(=O)N[C@@H]1C[C@H](C(=O)O)N(C(=O)OC(C)(C)C)C1. The average molecular weight is 1200 g/mol. The lowest BCUT2D eigenvalue weighted by Crippen LogP contribution is -2.47. The van der Waals surface area contributed by atoms with E-state index in [1.165, 1.54) is 104 Å². The van der Waals surface area contributed by atoms with Crippen LogP contribution in [0.1, 0.15) is 75.1 Å². The maximum Gasteiger partial charge on any atom is 0.411 e. The van der Waals surface area contributed by atoms with Crippen molar-refractivity contribution in [3.05, 3.63) is 119 Å². The van der Waals surface area contributed by atoms with Crippen LogP contribution < -0.4 is 30.7 Å². The number of rotatable bonds is 14. The van der Waals surface area contributed by atoms with Crippen molar-refractivity contribution >= 4 is 82.1 Å². The summed E-state index contributed by atoms with van der Waals surface area (Å²) in [6.45, 7) is 10.2. The number of carboxylic acid groups (broad SMARTS) is 1. The van der Waals surface area contributed by atoms with E-state index in [2.05, 4.69) is 51.2 Å². The molecule has 2 fully saturated rings. The monoisotopic (exact) mass is 1200 g/mol. The molecule has 28 heteroatoms. The molecule has 84 heavy (non-hydrogen) atoms. The maximum absolute atomic E-state index is 14.5. The van der Waals surface area contributed by atoms with Gasteiger partial charge in [-0.3, -0.25) is 34.2 Å². The lowest BCUT2D eigenvalue weighted by atomic mass is 10.1. The second kappa shape index (κ2) is 26.5. The van der Waals surface area contributed by atoms with Gasteiger partial charge in [-0.2, -0.15) is 0 Å². The predicted molar refractivity (Wildman–Crippen MR) is 305 cm³/mol. The first kappa shape index (κ1) is 62.6. The van der Waals surface area contributed by atoms with Crippen LogP contribution in [0.3, 0.4) is 0 Å². The van der Waals surface area contributed by atoms with E-state index < -0.39 is 77.0 Å². The molecule has 0 aliphatic carbocycles. The number of amides is 5. The molecule has 24 nitrogen and oxygen atoms in total. The molecule has 4 aromatic heterocycles. The number of carbonyl (C=O) groups is 6. The molecule has 0 unspecified atom stereocenters. The van der Waals surface area contributed by atoms with Crippen LogP contribution in [0.15, 0.2) is 85.7 Å². The molecule has 8 rings (SSSR count). The van der Waals surface area contributed by atoms with Gasteiger partial charge in [0.05, 0.1) is 60.2 Å². The van der Waals surface area contributed by atoms with Gasteiger partial charge in [0.15, 0.2) is 34.8 Å². The number of nitrogens with zero attached hydrogens (tertiary/aromatic N) is 9. The number of hydrogen-bond donors (Lipinski definition) is 5. The third-order valence-electron chi connectivity index (χ3n) is 12.5. The van der Waals surface area contributed by atoms with E-state index in [0.29, 0.717) is 15.7 Å². The van der Waals surface area contributed by atoms with Gasteiger partial charge >= 0.3 is 18.2 Å². The number of benzene rings is 2. The Morgan fingerprint density at radius 2 is 1.04 bits per heavy atom. The number of likely N-dealkylation sites (tertiary alicyclic amines) is 2. The molecule has 5 N–H and O–H groups in total. The number of likely N-dealkylation sites (N-methyl/N-ethyl adjacent to an activating group) is 1. The van der Waals surface area contributed by atoms with Gasteiger partial charge in [-0.05, 0) is 96.5 Å². The Morgan fingerprint density at radius 3 is 1.42 bits per heavy atom. The Bertz CT molecular complexity index is 3460. The van der Waals surface area contributed by atoms with Crippen LogP contribution in [0.5, 0.6) is 11.5 Å². The van der Waals surface area contributed by atoms with Gasteiger partial charge in [-0.25, -0.2) is 43.1 Å². The first-order valence-electron chi connectivity index (χ1n) is 25.8. The summed E-state index contributed by atoms with van der Waals surface area (Å²) in [5.41, 5.74) is -0.563. The minimum absolute atomic E-state index is 0.0162. The highest BCUT2D eigenvalue weighted by Crippen LogP contribution is 2.34. The number of ether oxygens (including phenoxy) is 4. The number of aromatic nitrogens is 6. The number of carboxylic acids is 1. The molecular weight excluding hydrogens is 1140 g/mol. The highest BCUT2D eigenvalue weighted by Gasteiger charge is 2.44. The Balaban J connectivity index is 0.000000241. The molecule has 4 atom stereocenters. The molecule has 6 heterocycles. The van der Waals surface area contributed by atoms with E-state index in [1.807, 2.05) is 0 Å². The van der Waals surface area contributed by atoms with E-state index in [4.69, 9.17) is 42.1 Å². The normalized spacial score (nSPS) is 16.5. The van der Waals surface area contributed by atoms with Gasteiger partial charge in [-0.1, -0.05) is 23.2 Å². The molecule has 2 aliphatic heterocycles. The van der Waals surface area contributed by atoms with Gasteiger partial charge in [0.2, 0.25) is 5.91 Å². The van der Waals surface area contributed by atoms with E-state index in [1.54, 1.807) is 61.7 Å². The molecular formula is C56H61Cl2F2N13O11. The van der Waals surface area contributed by atoms with Gasteiger partial charge < -0.3 is 50.2 Å². The fourth-order valence-electron chi connectivity index (χ4n) is 8.66. The van der Waals surface area contributed by atoms with Crippen LogP contribution >= 0.6 is 23.2 Å². The number of hydrogen-bond acceptors (Lipinski definition) is 18. The number of anilines is 4. The summed E-state index contributed by atoms with van der Waals surface area (Å²) in [6, 6.07) is 7.93. The summed E-state index contributed by atoms with van der Waals surface area (Å²) in [6.07, 6.45) is 7.09. The molecule has 2 aromatic carbocycles. The summed E-state index contributed by atoms with van der Waals surface area (Å²) in [5.74, 6) is -2.87. The quantitative estimate of drug-likeness (QED) is 0.0682. The lowest BCUT2D eigenvalue weighted by molar-refractivity contribution is -0.142. The molecule has 0 radical (unpaired) electrons. The highest BCUT2D eigenvalue weighted by atomic mass is 35.5. The van der Waals surface area contributed by atoms with Crippen molar-refractivity contribution < 1.29 is 61.6 Å². The fraction of sp³-hybridized carbons (Fsp3) is 0.357. The number of halogens is 4. The zero-order chi connectivity index (χ0) is 61.4. The molecule has 0 saturated carbocycles. The number of aliphatic carboxylic acids is 1. The Morgan fingerprint density at radius 1 is 0.631 bits per heavy atom. The first-order chi connectivity index (χ1) is 39.6.